The number of carbonyl (C=O) groups is 1. The lowest BCUT2D eigenvalue weighted by Crippen LogP contribution is -2.15. The highest BCUT2D eigenvalue weighted by molar-refractivity contribution is 5.77. The van der Waals surface area contributed by atoms with Crippen molar-refractivity contribution in [3.63, 3.8) is 0 Å². The number of ether oxygens (including phenoxy) is 1. The number of aliphatic carboxylic acids is 1. The van der Waals surface area contributed by atoms with E-state index in [-0.39, 0.29) is 12.2 Å². The van der Waals surface area contributed by atoms with Gasteiger partial charge in [0, 0.05) is 5.56 Å². The maximum Gasteiger partial charge on any atom is 0.311 e. The zero-order valence-electron chi connectivity index (χ0n) is 12.0. The fourth-order valence-electron chi connectivity index (χ4n) is 2.36. The summed E-state index contributed by atoms with van der Waals surface area (Å²) in [5.74, 6) is -1.57. The average Bonchev–Trinajstić information content (AvgIpc) is 2.44. The van der Waals surface area contributed by atoms with Gasteiger partial charge in [-0.3, -0.25) is 4.79 Å². The average molecular weight is 288 g/mol. The first-order chi connectivity index (χ1) is 10.0. The van der Waals surface area contributed by atoms with Crippen LogP contribution in [-0.4, -0.2) is 18.2 Å². The van der Waals surface area contributed by atoms with Gasteiger partial charge in [0.1, 0.15) is 11.6 Å². The van der Waals surface area contributed by atoms with Crippen LogP contribution in [0.4, 0.5) is 4.39 Å². The Kier molecular flexibility index (Phi) is 4.58. The largest absolute Gasteiger partial charge is 0.496 e. The third-order valence-electron chi connectivity index (χ3n) is 3.39. The molecule has 1 atom stereocenters. The minimum atomic E-state index is -0.955. The molecule has 1 unspecified atom stereocenters. The van der Waals surface area contributed by atoms with Gasteiger partial charge in [0.2, 0.25) is 0 Å². The van der Waals surface area contributed by atoms with E-state index in [0.29, 0.717) is 16.9 Å². The molecule has 1 N–H and O–H groups in total. The first-order valence-electron chi connectivity index (χ1n) is 6.63. The predicted molar refractivity (Wildman–Crippen MR) is 78.2 cm³/mol. The molecule has 4 heteroatoms. The molecular formula is C17H17FO3. The van der Waals surface area contributed by atoms with Gasteiger partial charge in [0.15, 0.2) is 0 Å². The van der Waals surface area contributed by atoms with E-state index in [1.165, 1.54) is 19.2 Å². The third-order valence-corrected chi connectivity index (χ3v) is 3.39. The molecule has 0 amide bonds. The molecular weight excluding hydrogens is 271 g/mol. The SMILES string of the molecule is COc1ccc(C)cc1C(Cc1cccc(F)c1)C(=O)O. The molecule has 2 aromatic rings. The molecule has 0 aliphatic rings. The number of carboxylic acids is 1. The van der Waals surface area contributed by atoms with Crippen molar-refractivity contribution < 1.29 is 19.0 Å². The molecule has 2 aromatic carbocycles. The number of carboxylic acid groups (broad SMARTS) is 1. The standard InChI is InChI=1S/C17H17FO3/c1-11-6-7-16(21-2)14(8-11)15(17(19)20)10-12-4-3-5-13(18)9-12/h3-9,15H,10H2,1-2H3,(H,19,20). The summed E-state index contributed by atoms with van der Waals surface area (Å²) in [6, 6.07) is 11.4. The fourth-order valence-corrected chi connectivity index (χ4v) is 2.36. The van der Waals surface area contributed by atoms with Crippen LogP contribution in [0.15, 0.2) is 42.5 Å². The van der Waals surface area contributed by atoms with E-state index < -0.39 is 11.9 Å². The molecule has 0 aliphatic heterocycles. The van der Waals surface area contributed by atoms with Gasteiger partial charge in [-0.05, 0) is 37.1 Å². The zero-order valence-corrected chi connectivity index (χ0v) is 12.0. The second kappa shape index (κ2) is 6.39. The van der Waals surface area contributed by atoms with E-state index in [0.717, 1.165) is 5.56 Å². The summed E-state index contributed by atoms with van der Waals surface area (Å²) >= 11 is 0. The van der Waals surface area contributed by atoms with Crippen molar-refractivity contribution in [2.75, 3.05) is 7.11 Å². The number of halogens is 1. The summed E-state index contributed by atoms with van der Waals surface area (Å²) in [6.07, 6.45) is 0.215. The summed E-state index contributed by atoms with van der Waals surface area (Å²) in [6.45, 7) is 1.89. The van der Waals surface area contributed by atoms with Crippen molar-refractivity contribution in [3.8, 4) is 5.75 Å². The van der Waals surface area contributed by atoms with Crippen LogP contribution in [0.1, 0.15) is 22.6 Å². The molecule has 0 fully saturated rings. The molecule has 21 heavy (non-hydrogen) atoms. The maximum absolute atomic E-state index is 13.3. The summed E-state index contributed by atoms with van der Waals surface area (Å²) in [5, 5.41) is 9.52. The summed E-state index contributed by atoms with van der Waals surface area (Å²) < 4.78 is 18.5. The van der Waals surface area contributed by atoms with Gasteiger partial charge in [-0.25, -0.2) is 4.39 Å². The Bertz CT molecular complexity index is 652. The van der Waals surface area contributed by atoms with Gasteiger partial charge in [0.25, 0.3) is 0 Å². The Morgan fingerprint density at radius 3 is 2.67 bits per heavy atom. The van der Waals surface area contributed by atoms with Crippen LogP contribution in [0.5, 0.6) is 5.75 Å². The Morgan fingerprint density at radius 1 is 1.29 bits per heavy atom. The fraction of sp³-hybridized carbons (Fsp3) is 0.235. The number of aryl methyl sites for hydroxylation is 1. The quantitative estimate of drug-likeness (QED) is 0.915. The second-order valence-corrected chi connectivity index (χ2v) is 4.97. The van der Waals surface area contributed by atoms with Crippen LogP contribution >= 0.6 is 0 Å². The monoisotopic (exact) mass is 288 g/mol. The van der Waals surface area contributed by atoms with Gasteiger partial charge in [-0.2, -0.15) is 0 Å². The highest BCUT2D eigenvalue weighted by Gasteiger charge is 2.24. The second-order valence-electron chi connectivity index (χ2n) is 4.97. The maximum atomic E-state index is 13.3. The summed E-state index contributed by atoms with van der Waals surface area (Å²) in [5.41, 5.74) is 2.21. The van der Waals surface area contributed by atoms with Crippen molar-refractivity contribution >= 4 is 5.97 Å². The van der Waals surface area contributed by atoms with Crippen molar-refractivity contribution in [2.45, 2.75) is 19.3 Å². The van der Waals surface area contributed by atoms with E-state index >= 15 is 0 Å². The highest BCUT2D eigenvalue weighted by Crippen LogP contribution is 2.30. The first-order valence-corrected chi connectivity index (χ1v) is 6.63. The van der Waals surface area contributed by atoms with Gasteiger partial charge in [-0.1, -0.05) is 29.8 Å². The van der Waals surface area contributed by atoms with Crippen LogP contribution < -0.4 is 4.74 Å². The minimum absolute atomic E-state index is 0.215. The molecule has 0 aromatic heterocycles. The number of rotatable bonds is 5. The van der Waals surface area contributed by atoms with Crippen molar-refractivity contribution in [2.24, 2.45) is 0 Å². The Morgan fingerprint density at radius 2 is 2.05 bits per heavy atom. The lowest BCUT2D eigenvalue weighted by atomic mass is 9.90. The Labute approximate surface area is 123 Å². The van der Waals surface area contributed by atoms with Crippen LogP contribution in [0, 0.1) is 12.7 Å². The number of methoxy groups -OCH3 is 1. The first kappa shape index (κ1) is 15.0. The van der Waals surface area contributed by atoms with Crippen LogP contribution in [0.2, 0.25) is 0 Å². The molecule has 0 saturated carbocycles. The Hall–Kier alpha value is -2.36. The normalized spacial score (nSPS) is 12.0. The van der Waals surface area contributed by atoms with Crippen molar-refractivity contribution in [1.82, 2.24) is 0 Å². The molecule has 0 aliphatic carbocycles. The number of benzene rings is 2. The topological polar surface area (TPSA) is 46.5 Å². The molecule has 0 spiro atoms. The lowest BCUT2D eigenvalue weighted by Gasteiger charge is -2.17. The van der Waals surface area contributed by atoms with E-state index in [1.54, 1.807) is 24.3 Å². The van der Waals surface area contributed by atoms with Gasteiger partial charge in [-0.15, -0.1) is 0 Å². The van der Waals surface area contributed by atoms with Gasteiger partial charge >= 0.3 is 5.97 Å². The van der Waals surface area contributed by atoms with Crippen LogP contribution in [0.25, 0.3) is 0 Å². The van der Waals surface area contributed by atoms with Gasteiger partial charge < -0.3 is 9.84 Å². The molecule has 0 bridgehead atoms. The molecule has 0 saturated heterocycles. The van der Waals surface area contributed by atoms with E-state index in [9.17, 15) is 14.3 Å². The molecule has 3 nitrogen and oxygen atoms in total. The third kappa shape index (κ3) is 3.60. The number of hydrogen-bond acceptors (Lipinski definition) is 2. The van der Waals surface area contributed by atoms with E-state index in [4.69, 9.17) is 4.74 Å². The molecule has 110 valence electrons. The summed E-state index contributed by atoms with van der Waals surface area (Å²) in [4.78, 5) is 11.6. The minimum Gasteiger partial charge on any atom is -0.496 e. The van der Waals surface area contributed by atoms with E-state index in [1.807, 2.05) is 13.0 Å². The van der Waals surface area contributed by atoms with Gasteiger partial charge in [0.05, 0.1) is 13.0 Å². The molecule has 2 rings (SSSR count). The van der Waals surface area contributed by atoms with Crippen molar-refractivity contribution in [3.05, 3.63) is 65.0 Å². The Balaban J connectivity index is 2.40. The smallest absolute Gasteiger partial charge is 0.311 e. The van der Waals surface area contributed by atoms with E-state index in [2.05, 4.69) is 0 Å². The summed E-state index contributed by atoms with van der Waals surface area (Å²) in [7, 11) is 1.51. The molecule has 0 heterocycles. The number of hydrogen-bond donors (Lipinski definition) is 1. The highest BCUT2D eigenvalue weighted by atomic mass is 19.1. The predicted octanol–water partition coefficient (Wildman–Crippen LogP) is 3.55. The molecule has 0 radical (unpaired) electrons. The van der Waals surface area contributed by atoms with Crippen molar-refractivity contribution in [1.29, 1.82) is 0 Å². The van der Waals surface area contributed by atoms with Crippen LogP contribution in [-0.2, 0) is 11.2 Å². The van der Waals surface area contributed by atoms with Crippen LogP contribution in [0.3, 0.4) is 0 Å². The lowest BCUT2D eigenvalue weighted by molar-refractivity contribution is -0.138. The zero-order chi connectivity index (χ0) is 15.4.